The molecule has 110 valence electrons. The first kappa shape index (κ1) is 14.1. The molecule has 0 radical (unpaired) electrons. The molecule has 0 N–H and O–H groups in total. The van der Waals surface area contributed by atoms with Crippen molar-refractivity contribution in [1.29, 1.82) is 0 Å². The molecule has 0 saturated heterocycles. The van der Waals surface area contributed by atoms with Crippen molar-refractivity contribution in [2.45, 2.75) is 6.92 Å². The number of nitrogens with zero attached hydrogens (tertiary/aromatic N) is 2. The summed E-state index contributed by atoms with van der Waals surface area (Å²) < 4.78 is 10.8. The predicted octanol–water partition coefficient (Wildman–Crippen LogP) is 4.22. The number of aromatic nitrogens is 2. The quantitative estimate of drug-likeness (QED) is 0.722. The van der Waals surface area contributed by atoms with E-state index in [2.05, 4.69) is 10.2 Å². The molecular formula is C18H16N2O2. The van der Waals surface area contributed by atoms with Crippen molar-refractivity contribution in [3.63, 3.8) is 0 Å². The summed E-state index contributed by atoms with van der Waals surface area (Å²) in [5.74, 6) is 1.83. The van der Waals surface area contributed by atoms with Gasteiger partial charge in [-0.25, -0.2) is 0 Å². The normalized spacial score (nSPS) is 11.0. The van der Waals surface area contributed by atoms with Gasteiger partial charge in [0.25, 0.3) is 0 Å². The Morgan fingerprint density at radius 1 is 0.909 bits per heavy atom. The van der Waals surface area contributed by atoms with Crippen LogP contribution in [-0.2, 0) is 0 Å². The van der Waals surface area contributed by atoms with E-state index in [0.29, 0.717) is 11.8 Å². The molecule has 4 heteroatoms. The van der Waals surface area contributed by atoms with E-state index in [0.717, 1.165) is 16.9 Å². The average molecular weight is 292 g/mol. The van der Waals surface area contributed by atoms with Crippen molar-refractivity contribution in [3.05, 3.63) is 65.5 Å². The third kappa shape index (κ3) is 3.23. The Kier molecular flexibility index (Phi) is 4.01. The van der Waals surface area contributed by atoms with Gasteiger partial charge < -0.3 is 9.15 Å². The van der Waals surface area contributed by atoms with Crippen LogP contribution in [0.1, 0.15) is 17.0 Å². The maximum atomic E-state index is 5.64. The molecule has 0 aliphatic rings. The highest BCUT2D eigenvalue weighted by Crippen LogP contribution is 2.19. The molecule has 0 amide bonds. The van der Waals surface area contributed by atoms with Crippen molar-refractivity contribution >= 4 is 12.2 Å². The molecule has 3 rings (SSSR count). The standard InChI is InChI=1S/C18H16N2O2/c1-13-3-8-15(9-4-13)18-20-19-17(22-18)12-7-14-5-10-16(21-2)11-6-14/h3-12H,1-2H3/b12-7+. The topological polar surface area (TPSA) is 48.2 Å². The number of hydrogen-bond acceptors (Lipinski definition) is 4. The van der Waals surface area contributed by atoms with Crippen LogP contribution in [0, 0.1) is 6.92 Å². The van der Waals surface area contributed by atoms with E-state index in [1.165, 1.54) is 5.56 Å². The molecule has 0 fully saturated rings. The SMILES string of the molecule is COc1ccc(/C=C/c2nnc(-c3ccc(C)cc3)o2)cc1. The molecule has 0 aliphatic heterocycles. The van der Waals surface area contributed by atoms with Crippen LogP contribution in [-0.4, -0.2) is 17.3 Å². The molecule has 0 aliphatic carbocycles. The minimum Gasteiger partial charge on any atom is -0.497 e. The zero-order valence-corrected chi connectivity index (χ0v) is 12.5. The highest BCUT2D eigenvalue weighted by atomic mass is 16.5. The maximum Gasteiger partial charge on any atom is 0.248 e. The summed E-state index contributed by atoms with van der Waals surface area (Å²) in [6.45, 7) is 2.04. The number of rotatable bonds is 4. The molecule has 2 aromatic carbocycles. The Morgan fingerprint density at radius 3 is 2.32 bits per heavy atom. The van der Waals surface area contributed by atoms with Crippen LogP contribution in [0.4, 0.5) is 0 Å². The number of ether oxygens (including phenoxy) is 1. The van der Waals surface area contributed by atoms with Crippen LogP contribution < -0.4 is 4.74 Å². The minimum atomic E-state index is 0.478. The van der Waals surface area contributed by atoms with E-state index in [4.69, 9.17) is 9.15 Å². The molecule has 22 heavy (non-hydrogen) atoms. The van der Waals surface area contributed by atoms with E-state index in [9.17, 15) is 0 Å². The number of hydrogen-bond donors (Lipinski definition) is 0. The van der Waals surface area contributed by atoms with E-state index in [-0.39, 0.29) is 0 Å². The van der Waals surface area contributed by atoms with Crippen LogP contribution in [0.5, 0.6) is 5.75 Å². The first-order valence-corrected chi connectivity index (χ1v) is 6.97. The van der Waals surface area contributed by atoms with E-state index < -0.39 is 0 Å². The second-order valence-corrected chi connectivity index (χ2v) is 4.92. The highest BCUT2D eigenvalue weighted by Gasteiger charge is 2.05. The molecule has 1 heterocycles. The van der Waals surface area contributed by atoms with Crippen molar-refractivity contribution < 1.29 is 9.15 Å². The Hall–Kier alpha value is -2.88. The molecule has 0 saturated carbocycles. The van der Waals surface area contributed by atoms with E-state index in [1.54, 1.807) is 13.2 Å². The van der Waals surface area contributed by atoms with Gasteiger partial charge in [0.2, 0.25) is 11.8 Å². The van der Waals surface area contributed by atoms with Crippen LogP contribution >= 0.6 is 0 Å². The lowest BCUT2D eigenvalue weighted by atomic mass is 10.1. The fourth-order valence-electron chi connectivity index (χ4n) is 2.00. The van der Waals surface area contributed by atoms with Gasteiger partial charge in [0, 0.05) is 11.6 Å². The summed E-state index contributed by atoms with van der Waals surface area (Å²) in [4.78, 5) is 0. The number of benzene rings is 2. The molecule has 3 aromatic rings. The van der Waals surface area contributed by atoms with Crippen LogP contribution in [0.2, 0.25) is 0 Å². The average Bonchev–Trinajstić information content (AvgIpc) is 3.03. The third-order valence-electron chi connectivity index (χ3n) is 3.27. The second kappa shape index (κ2) is 6.26. The molecule has 0 spiro atoms. The third-order valence-corrected chi connectivity index (χ3v) is 3.27. The summed E-state index contributed by atoms with van der Waals surface area (Å²) in [6, 6.07) is 15.7. The van der Waals surface area contributed by atoms with E-state index in [1.807, 2.05) is 61.5 Å². The summed E-state index contributed by atoms with van der Waals surface area (Å²) in [6.07, 6.45) is 3.72. The smallest absolute Gasteiger partial charge is 0.248 e. The summed E-state index contributed by atoms with van der Waals surface area (Å²) in [5.41, 5.74) is 3.15. The lowest BCUT2D eigenvalue weighted by molar-refractivity contribution is 0.415. The number of aryl methyl sites for hydroxylation is 1. The zero-order chi connectivity index (χ0) is 15.4. The fourth-order valence-corrected chi connectivity index (χ4v) is 2.00. The minimum absolute atomic E-state index is 0.478. The van der Waals surface area contributed by atoms with Gasteiger partial charge >= 0.3 is 0 Å². The monoisotopic (exact) mass is 292 g/mol. The first-order chi connectivity index (χ1) is 10.7. The van der Waals surface area contributed by atoms with Gasteiger partial charge in [0.05, 0.1) is 7.11 Å². The van der Waals surface area contributed by atoms with Crippen molar-refractivity contribution in [1.82, 2.24) is 10.2 Å². The van der Waals surface area contributed by atoms with Crippen molar-refractivity contribution in [3.8, 4) is 17.2 Å². The van der Waals surface area contributed by atoms with Gasteiger partial charge in [-0.1, -0.05) is 29.8 Å². The lowest BCUT2D eigenvalue weighted by Crippen LogP contribution is -1.81. The van der Waals surface area contributed by atoms with Gasteiger partial charge in [-0.2, -0.15) is 0 Å². The largest absolute Gasteiger partial charge is 0.497 e. The lowest BCUT2D eigenvalue weighted by Gasteiger charge is -1.98. The molecule has 4 nitrogen and oxygen atoms in total. The van der Waals surface area contributed by atoms with Gasteiger partial charge in [-0.05, 0) is 42.8 Å². The van der Waals surface area contributed by atoms with Gasteiger partial charge in [-0.3, -0.25) is 0 Å². The highest BCUT2D eigenvalue weighted by molar-refractivity contribution is 5.66. The maximum absolute atomic E-state index is 5.64. The second-order valence-electron chi connectivity index (χ2n) is 4.92. The summed E-state index contributed by atoms with van der Waals surface area (Å²) in [7, 11) is 1.65. The Bertz CT molecular complexity index is 772. The van der Waals surface area contributed by atoms with Crippen molar-refractivity contribution in [2.75, 3.05) is 7.11 Å². The molecule has 1 aromatic heterocycles. The number of methoxy groups -OCH3 is 1. The van der Waals surface area contributed by atoms with Crippen LogP contribution in [0.25, 0.3) is 23.6 Å². The van der Waals surface area contributed by atoms with Gasteiger partial charge in [0.1, 0.15) is 5.75 Å². The van der Waals surface area contributed by atoms with Crippen LogP contribution in [0.3, 0.4) is 0 Å². The molecular weight excluding hydrogens is 276 g/mol. The Balaban J connectivity index is 1.75. The van der Waals surface area contributed by atoms with Gasteiger partial charge in [-0.15, -0.1) is 10.2 Å². The van der Waals surface area contributed by atoms with E-state index >= 15 is 0 Å². The first-order valence-electron chi connectivity index (χ1n) is 6.97. The summed E-state index contributed by atoms with van der Waals surface area (Å²) >= 11 is 0. The molecule has 0 unspecified atom stereocenters. The Labute approximate surface area is 129 Å². The van der Waals surface area contributed by atoms with Crippen molar-refractivity contribution in [2.24, 2.45) is 0 Å². The van der Waals surface area contributed by atoms with Crippen LogP contribution in [0.15, 0.2) is 52.9 Å². The summed E-state index contributed by atoms with van der Waals surface area (Å²) in [5, 5.41) is 8.10. The van der Waals surface area contributed by atoms with Gasteiger partial charge in [0.15, 0.2) is 0 Å². The fraction of sp³-hybridized carbons (Fsp3) is 0.111. The predicted molar refractivity (Wildman–Crippen MR) is 86.4 cm³/mol. The molecule has 0 atom stereocenters. The Morgan fingerprint density at radius 2 is 1.64 bits per heavy atom. The zero-order valence-electron chi connectivity index (χ0n) is 12.5. The molecule has 0 bridgehead atoms.